The van der Waals surface area contributed by atoms with Crippen LogP contribution in [0.2, 0.25) is 0 Å². The second-order valence-electron chi connectivity index (χ2n) is 9.59. The summed E-state index contributed by atoms with van der Waals surface area (Å²) in [5.41, 5.74) is 3.33. The number of halogens is 3. The fourth-order valence-electron chi connectivity index (χ4n) is 5.07. The van der Waals surface area contributed by atoms with Crippen LogP contribution in [0, 0.1) is 5.92 Å². The van der Waals surface area contributed by atoms with Gasteiger partial charge in [0.05, 0.1) is 11.4 Å². The molecular weight excluding hydrogens is 525 g/mol. The van der Waals surface area contributed by atoms with Crippen molar-refractivity contribution in [1.82, 2.24) is 4.57 Å². The molecule has 1 aliphatic carbocycles. The van der Waals surface area contributed by atoms with Gasteiger partial charge in [0.15, 0.2) is 0 Å². The molecule has 0 spiro atoms. The van der Waals surface area contributed by atoms with Crippen molar-refractivity contribution in [2.24, 2.45) is 5.92 Å². The van der Waals surface area contributed by atoms with Gasteiger partial charge in [0.2, 0.25) is 5.91 Å². The van der Waals surface area contributed by atoms with Crippen LogP contribution in [-0.2, 0) is 33.8 Å². The van der Waals surface area contributed by atoms with Crippen LogP contribution in [0.25, 0.3) is 10.9 Å². The lowest BCUT2D eigenvalue weighted by Crippen LogP contribution is -2.26. The van der Waals surface area contributed by atoms with E-state index in [1.165, 1.54) is 23.6 Å². The van der Waals surface area contributed by atoms with Crippen LogP contribution in [0.3, 0.4) is 0 Å². The van der Waals surface area contributed by atoms with E-state index in [4.69, 9.17) is 4.74 Å². The first-order valence-electron chi connectivity index (χ1n) is 12.6. The first kappa shape index (κ1) is 27.0. The number of amides is 1. The molecule has 0 radical (unpaired) electrons. The average molecular weight is 551 g/mol. The summed E-state index contributed by atoms with van der Waals surface area (Å²) in [7, 11) is 0. The number of nitrogens with one attached hydrogen (secondary N) is 1. The van der Waals surface area contributed by atoms with E-state index in [9.17, 15) is 27.6 Å². The first-order valence-corrected chi connectivity index (χ1v) is 12.6. The predicted octanol–water partition coefficient (Wildman–Crippen LogP) is 6.04. The van der Waals surface area contributed by atoms with Crippen molar-refractivity contribution in [3.63, 3.8) is 0 Å². The first-order chi connectivity index (χ1) is 19.1. The van der Waals surface area contributed by atoms with Crippen molar-refractivity contribution in [2.45, 2.75) is 39.2 Å². The Morgan fingerprint density at radius 1 is 1.00 bits per heavy atom. The number of anilines is 1. The summed E-state index contributed by atoms with van der Waals surface area (Å²) in [5.74, 6) is -2.10. The Balaban J connectivity index is 1.50. The van der Waals surface area contributed by atoms with Crippen LogP contribution in [-0.4, -0.2) is 28.7 Å². The number of hydrogen-bond donors (Lipinski definition) is 1. The van der Waals surface area contributed by atoms with Gasteiger partial charge in [-0.3, -0.25) is 19.0 Å². The number of hydrogen-bond acceptors (Lipinski definition) is 5. The summed E-state index contributed by atoms with van der Waals surface area (Å²) < 4.78 is 49.4. The third-order valence-corrected chi connectivity index (χ3v) is 6.76. The molecule has 3 aromatic carbocycles. The van der Waals surface area contributed by atoms with Gasteiger partial charge in [0.1, 0.15) is 12.4 Å². The lowest BCUT2D eigenvalue weighted by Gasteiger charge is -2.22. The van der Waals surface area contributed by atoms with E-state index in [1.54, 1.807) is 18.2 Å². The minimum Gasteiger partial charge on any atom is -0.461 e. The molecule has 206 valence electrons. The van der Waals surface area contributed by atoms with E-state index in [0.717, 1.165) is 23.3 Å². The van der Waals surface area contributed by atoms with Crippen molar-refractivity contribution in [3.05, 3.63) is 95.2 Å². The molecule has 1 amide bonds. The van der Waals surface area contributed by atoms with Crippen molar-refractivity contribution in [1.29, 1.82) is 0 Å². The summed E-state index contributed by atoms with van der Waals surface area (Å²) in [4.78, 5) is 38.4. The number of benzene rings is 3. The fourth-order valence-corrected chi connectivity index (χ4v) is 5.07. The minimum atomic E-state index is -4.90. The summed E-state index contributed by atoms with van der Waals surface area (Å²) in [6, 6.07) is 19.3. The smallest absolute Gasteiger partial charge is 0.461 e. The van der Waals surface area contributed by atoms with E-state index in [1.807, 2.05) is 30.3 Å². The molecule has 1 aliphatic rings. The van der Waals surface area contributed by atoms with Crippen LogP contribution < -0.4 is 10.1 Å². The number of fused-ring (bicyclic) bond motifs is 3. The summed E-state index contributed by atoms with van der Waals surface area (Å²) in [6.45, 7) is 1.52. The van der Waals surface area contributed by atoms with Gasteiger partial charge in [-0.15, -0.1) is 13.2 Å². The minimum absolute atomic E-state index is 0.0109. The Kier molecular flexibility index (Phi) is 7.34. The second-order valence-corrected chi connectivity index (χ2v) is 9.59. The normalized spacial score (nSPS) is 14.8. The zero-order valence-electron chi connectivity index (χ0n) is 21.5. The van der Waals surface area contributed by atoms with Gasteiger partial charge in [0.25, 0.3) is 5.91 Å². The summed E-state index contributed by atoms with van der Waals surface area (Å²) in [5, 5.41) is 3.39. The van der Waals surface area contributed by atoms with Crippen LogP contribution in [0.15, 0.2) is 72.8 Å². The maximum atomic E-state index is 13.7. The number of esters is 1. The Labute approximate surface area is 227 Å². The van der Waals surface area contributed by atoms with E-state index < -0.39 is 23.9 Å². The van der Waals surface area contributed by atoms with Gasteiger partial charge in [-0.05, 0) is 66.8 Å². The number of carbonyl (C=O) groups is 3. The molecule has 0 bridgehead atoms. The molecule has 1 unspecified atom stereocenters. The molecule has 1 N–H and O–H groups in total. The number of alkyl halides is 3. The average Bonchev–Trinajstić information content (AvgIpc) is 3.23. The highest BCUT2D eigenvalue weighted by atomic mass is 19.4. The SMILES string of the molecule is CC(=O)Nc1ccc2c(c1)c1c(n2C(=O)c2cccc(OC(F)(F)F)c2)CCC(C(=O)OCc2ccccc2)C1. The molecule has 10 heteroatoms. The number of ether oxygens (including phenoxy) is 2. The van der Waals surface area contributed by atoms with Crippen LogP contribution in [0.5, 0.6) is 5.75 Å². The molecular formula is C30H25F3N2O5. The van der Waals surface area contributed by atoms with E-state index in [2.05, 4.69) is 10.1 Å². The van der Waals surface area contributed by atoms with Gasteiger partial charge in [-0.2, -0.15) is 0 Å². The Bertz CT molecular complexity index is 1590. The third-order valence-electron chi connectivity index (χ3n) is 6.76. The predicted molar refractivity (Wildman–Crippen MR) is 141 cm³/mol. The summed E-state index contributed by atoms with van der Waals surface area (Å²) >= 11 is 0. The molecule has 1 aromatic heterocycles. The highest BCUT2D eigenvalue weighted by Gasteiger charge is 2.33. The van der Waals surface area contributed by atoms with Crippen molar-refractivity contribution < 1.29 is 37.0 Å². The highest BCUT2D eigenvalue weighted by molar-refractivity contribution is 6.05. The molecule has 7 nitrogen and oxygen atoms in total. The molecule has 40 heavy (non-hydrogen) atoms. The van der Waals surface area contributed by atoms with Gasteiger partial charge in [-0.1, -0.05) is 36.4 Å². The zero-order valence-corrected chi connectivity index (χ0v) is 21.5. The zero-order chi connectivity index (χ0) is 28.4. The maximum Gasteiger partial charge on any atom is 0.573 e. The Morgan fingerprint density at radius 2 is 1.77 bits per heavy atom. The van der Waals surface area contributed by atoms with Gasteiger partial charge >= 0.3 is 12.3 Å². The quantitative estimate of drug-likeness (QED) is 0.296. The van der Waals surface area contributed by atoms with E-state index >= 15 is 0 Å². The lowest BCUT2D eigenvalue weighted by atomic mass is 9.86. The monoisotopic (exact) mass is 550 g/mol. The highest BCUT2D eigenvalue weighted by Crippen LogP contribution is 2.37. The number of nitrogens with zero attached hydrogens (tertiary/aromatic N) is 1. The molecule has 0 saturated carbocycles. The van der Waals surface area contributed by atoms with Crippen molar-refractivity contribution in [3.8, 4) is 5.75 Å². The Hall–Kier alpha value is -4.60. The second kappa shape index (κ2) is 10.9. The van der Waals surface area contributed by atoms with E-state index in [-0.39, 0.29) is 24.0 Å². The topological polar surface area (TPSA) is 86.6 Å². The number of rotatable bonds is 6. The lowest BCUT2D eigenvalue weighted by molar-refractivity contribution is -0.274. The molecule has 4 aromatic rings. The number of carbonyl (C=O) groups excluding carboxylic acids is 3. The largest absolute Gasteiger partial charge is 0.573 e. The molecule has 5 rings (SSSR count). The molecule has 0 aliphatic heterocycles. The van der Waals surface area contributed by atoms with Crippen LogP contribution >= 0.6 is 0 Å². The van der Waals surface area contributed by atoms with Crippen molar-refractivity contribution >= 4 is 34.4 Å². The molecule has 1 atom stereocenters. The van der Waals surface area contributed by atoms with Gasteiger partial charge in [0, 0.05) is 29.3 Å². The number of aromatic nitrogens is 1. The summed E-state index contributed by atoms with van der Waals surface area (Å²) in [6.07, 6.45) is -3.79. The maximum absolute atomic E-state index is 13.7. The van der Waals surface area contributed by atoms with Gasteiger partial charge < -0.3 is 14.8 Å². The fraction of sp³-hybridized carbons (Fsp3) is 0.233. The molecule has 0 fully saturated rings. The third kappa shape index (κ3) is 5.85. The van der Waals surface area contributed by atoms with E-state index in [0.29, 0.717) is 41.5 Å². The molecule has 0 saturated heterocycles. The Morgan fingerprint density at radius 3 is 2.50 bits per heavy atom. The van der Waals surface area contributed by atoms with Crippen LogP contribution in [0.4, 0.5) is 18.9 Å². The van der Waals surface area contributed by atoms with Crippen LogP contribution in [0.1, 0.15) is 40.5 Å². The van der Waals surface area contributed by atoms with Gasteiger partial charge in [-0.25, -0.2) is 0 Å². The molecule has 1 heterocycles. The standard InChI is InChI=1S/C30H25F3N2O5/c1-18(36)34-22-11-13-27-25(16-22)24-15-21(29(38)39-17-19-6-3-2-4-7-19)10-12-26(24)35(27)28(37)20-8-5-9-23(14-20)40-30(31,32)33/h2-9,11,13-14,16,21H,10,12,15,17H2,1H3,(H,34,36). The van der Waals surface area contributed by atoms with Crippen molar-refractivity contribution in [2.75, 3.05) is 5.32 Å².